The molecule has 0 aliphatic carbocycles. The van der Waals surface area contributed by atoms with Gasteiger partial charge < -0.3 is 9.64 Å². The summed E-state index contributed by atoms with van der Waals surface area (Å²) < 4.78 is 5.15. The number of piperazine rings is 1. The number of hydrogen-bond donors (Lipinski definition) is 0. The second-order valence-electron chi connectivity index (χ2n) is 4.69. The van der Waals surface area contributed by atoms with Crippen molar-refractivity contribution in [3.05, 3.63) is 41.4 Å². The van der Waals surface area contributed by atoms with Crippen molar-refractivity contribution >= 4 is 17.5 Å². The summed E-state index contributed by atoms with van der Waals surface area (Å²) in [5.74, 6) is 0.776. The van der Waals surface area contributed by atoms with E-state index < -0.39 is 0 Å². The lowest BCUT2D eigenvalue weighted by Crippen LogP contribution is -2.48. The van der Waals surface area contributed by atoms with Crippen LogP contribution in [0, 0.1) is 0 Å². The highest BCUT2D eigenvalue weighted by Gasteiger charge is 2.21. The Morgan fingerprint density at radius 3 is 2.75 bits per heavy atom. The standard InChI is InChI=1S/C15H19ClN2O2/c1-20-14-5-2-4-13(12-14)15(19)18-10-8-17(9-11-18)7-3-6-16/h2-6,12H,7-11H2,1H3/b6-3+. The number of rotatable bonds is 4. The molecule has 1 heterocycles. The third-order valence-corrected chi connectivity index (χ3v) is 3.61. The topological polar surface area (TPSA) is 32.8 Å². The lowest BCUT2D eigenvalue weighted by molar-refractivity contribution is 0.0650. The van der Waals surface area contributed by atoms with Gasteiger partial charge >= 0.3 is 0 Å². The van der Waals surface area contributed by atoms with Crippen LogP contribution in [0.15, 0.2) is 35.9 Å². The fraction of sp³-hybridized carbons (Fsp3) is 0.400. The van der Waals surface area contributed by atoms with Crippen molar-refractivity contribution in [2.75, 3.05) is 39.8 Å². The molecule has 0 spiro atoms. The summed E-state index contributed by atoms with van der Waals surface area (Å²) in [4.78, 5) is 16.6. The smallest absolute Gasteiger partial charge is 0.254 e. The first-order chi connectivity index (χ1) is 9.74. The maximum Gasteiger partial charge on any atom is 0.254 e. The Bertz CT molecular complexity index is 483. The quantitative estimate of drug-likeness (QED) is 0.853. The van der Waals surface area contributed by atoms with Gasteiger partial charge in [0.25, 0.3) is 5.91 Å². The molecule has 1 amide bonds. The molecule has 0 bridgehead atoms. The number of benzene rings is 1. The molecule has 20 heavy (non-hydrogen) atoms. The van der Waals surface area contributed by atoms with Gasteiger partial charge in [-0.2, -0.15) is 0 Å². The van der Waals surface area contributed by atoms with E-state index in [2.05, 4.69) is 4.90 Å². The third kappa shape index (κ3) is 3.74. The fourth-order valence-electron chi connectivity index (χ4n) is 2.26. The van der Waals surface area contributed by atoms with E-state index in [1.165, 1.54) is 5.54 Å². The highest BCUT2D eigenvalue weighted by molar-refractivity contribution is 6.25. The van der Waals surface area contributed by atoms with Crippen LogP contribution in [0.3, 0.4) is 0 Å². The molecule has 1 aliphatic heterocycles. The van der Waals surface area contributed by atoms with Gasteiger partial charge in [-0.05, 0) is 18.2 Å². The molecule has 0 saturated carbocycles. The van der Waals surface area contributed by atoms with Crippen LogP contribution in [-0.2, 0) is 0 Å². The second-order valence-corrected chi connectivity index (χ2v) is 4.94. The van der Waals surface area contributed by atoms with Gasteiger partial charge in [0, 0.05) is 43.8 Å². The predicted octanol–water partition coefficient (Wildman–Crippen LogP) is 2.21. The number of hydrogen-bond acceptors (Lipinski definition) is 3. The van der Waals surface area contributed by atoms with Gasteiger partial charge in [0.1, 0.15) is 5.75 Å². The Labute approximate surface area is 124 Å². The predicted molar refractivity (Wildman–Crippen MR) is 80.3 cm³/mol. The Morgan fingerprint density at radius 1 is 1.35 bits per heavy atom. The van der Waals surface area contributed by atoms with E-state index >= 15 is 0 Å². The Morgan fingerprint density at radius 2 is 2.10 bits per heavy atom. The van der Waals surface area contributed by atoms with Crippen LogP contribution in [0.25, 0.3) is 0 Å². The summed E-state index contributed by atoms with van der Waals surface area (Å²) >= 11 is 5.52. The third-order valence-electron chi connectivity index (χ3n) is 3.43. The first-order valence-electron chi connectivity index (χ1n) is 6.65. The first kappa shape index (κ1) is 14.9. The molecule has 2 rings (SSSR count). The molecule has 5 heteroatoms. The van der Waals surface area contributed by atoms with Crippen LogP contribution in [0.5, 0.6) is 5.75 Å². The van der Waals surface area contributed by atoms with Crippen LogP contribution in [-0.4, -0.2) is 55.5 Å². The van der Waals surface area contributed by atoms with Crippen molar-refractivity contribution in [2.24, 2.45) is 0 Å². The molecule has 0 atom stereocenters. The number of methoxy groups -OCH3 is 1. The molecule has 4 nitrogen and oxygen atoms in total. The summed E-state index contributed by atoms with van der Waals surface area (Å²) in [5.41, 5.74) is 2.21. The van der Waals surface area contributed by atoms with E-state index in [-0.39, 0.29) is 5.91 Å². The second kappa shape index (κ2) is 7.31. The molecule has 1 saturated heterocycles. The van der Waals surface area contributed by atoms with E-state index in [1.807, 2.05) is 29.2 Å². The molecular weight excluding hydrogens is 276 g/mol. The number of ether oxygens (including phenoxy) is 1. The summed E-state index contributed by atoms with van der Waals surface area (Å²) in [6.45, 7) is 4.07. The lowest BCUT2D eigenvalue weighted by Gasteiger charge is -2.34. The highest BCUT2D eigenvalue weighted by atomic mass is 35.5. The van der Waals surface area contributed by atoms with E-state index in [0.717, 1.165) is 32.7 Å². The summed E-state index contributed by atoms with van der Waals surface area (Å²) in [5, 5.41) is 0. The van der Waals surface area contributed by atoms with Gasteiger partial charge in [-0.25, -0.2) is 0 Å². The average molecular weight is 295 g/mol. The molecule has 0 N–H and O–H groups in total. The van der Waals surface area contributed by atoms with Crippen LogP contribution in [0.4, 0.5) is 0 Å². The Balaban J connectivity index is 1.94. The van der Waals surface area contributed by atoms with Crippen molar-refractivity contribution in [1.82, 2.24) is 9.80 Å². The highest BCUT2D eigenvalue weighted by Crippen LogP contribution is 2.15. The minimum atomic E-state index is 0.0661. The summed E-state index contributed by atoms with van der Waals surface area (Å²) in [6.07, 6.45) is 1.92. The van der Waals surface area contributed by atoms with E-state index in [9.17, 15) is 4.79 Å². The molecular formula is C15H19ClN2O2. The van der Waals surface area contributed by atoms with Gasteiger partial charge in [0.15, 0.2) is 0 Å². The minimum absolute atomic E-state index is 0.0661. The molecule has 108 valence electrons. The molecule has 1 aromatic rings. The lowest BCUT2D eigenvalue weighted by atomic mass is 10.1. The van der Waals surface area contributed by atoms with Gasteiger partial charge in [0.2, 0.25) is 0 Å². The van der Waals surface area contributed by atoms with E-state index in [0.29, 0.717) is 11.3 Å². The molecule has 0 unspecified atom stereocenters. The van der Waals surface area contributed by atoms with Crippen molar-refractivity contribution in [3.8, 4) is 5.75 Å². The molecule has 1 aromatic carbocycles. The Kier molecular flexibility index (Phi) is 5.44. The fourth-order valence-corrected chi connectivity index (χ4v) is 2.34. The zero-order valence-electron chi connectivity index (χ0n) is 11.6. The molecule has 1 fully saturated rings. The molecule has 0 aromatic heterocycles. The van der Waals surface area contributed by atoms with Crippen molar-refractivity contribution in [2.45, 2.75) is 0 Å². The van der Waals surface area contributed by atoms with Gasteiger partial charge in [0.05, 0.1) is 7.11 Å². The maximum absolute atomic E-state index is 12.4. The van der Waals surface area contributed by atoms with Crippen LogP contribution < -0.4 is 4.74 Å². The monoisotopic (exact) mass is 294 g/mol. The van der Waals surface area contributed by atoms with Crippen molar-refractivity contribution in [3.63, 3.8) is 0 Å². The van der Waals surface area contributed by atoms with Crippen LogP contribution in [0.1, 0.15) is 10.4 Å². The largest absolute Gasteiger partial charge is 0.497 e. The zero-order chi connectivity index (χ0) is 14.4. The number of carbonyl (C=O) groups is 1. The van der Waals surface area contributed by atoms with Gasteiger partial charge in [-0.3, -0.25) is 9.69 Å². The van der Waals surface area contributed by atoms with E-state index in [1.54, 1.807) is 13.2 Å². The summed E-state index contributed by atoms with van der Waals surface area (Å²) in [6, 6.07) is 7.29. The normalized spacial score (nSPS) is 16.6. The van der Waals surface area contributed by atoms with Gasteiger partial charge in [-0.1, -0.05) is 23.7 Å². The first-order valence-corrected chi connectivity index (χ1v) is 7.09. The van der Waals surface area contributed by atoms with Crippen molar-refractivity contribution in [1.29, 1.82) is 0 Å². The van der Waals surface area contributed by atoms with Gasteiger partial charge in [-0.15, -0.1) is 0 Å². The number of carbonyl (C=O) groups excluding carboxylic acids is 1. The molecule has 0 radical (unpaired) electrons. The van der Waals surface area contributed by atoms with Crippen molar-refractivity contribution < 1.29 is 9.53 Å². The number of halogens is 1. The molecule has 1 aliphatic rings. The average Bonchev–Trinajstić information content (AvgIpc) is 2.52. The van der Waals surface area contributed by atoms with E-state index in [4.69, 9.17) is 16.3 Å². The number of nitrogens with zero attached hydrogens (tertiary/aromatic N) is 2. The SMILES string of the molecule is COc1cccc(C(=O)N2CCN(C/C=C/Cl)CC2)c1. The Hall–Kier alpha value is -1.52. The maximum atomic E-state index is 12.4. The summed E-state index contributed by atoms with van der Waals surface area (Å²) in [7, 11) is 1.60. The van der Waals surface area contributed by atoms with Crippen LogP contribution >= 0.6 is 11.6 Å². The zero-order valence-corrected chi connectivity index (χ0v) is 12.3. The number of amides is 1. The van der Waals surface area contributed by atoms with Crippen LogP contribution in [0.2, 0.25) is 0 Å². The minimum Gasteiger partial charge on any atom is -0.497 e.